The highest BCUT2D eigenvalue weighted by molar-refractivity contribution is 7.89. The molecule has 0 fully saturated rings. The summed E-state index contributed by atoms with van der Waals surface area (Å²) in [7, 11) is -3.89. The molecule has 0 aliphatic rings. The van der Waals surface area contributed by atoms with Crippen LogP contribution in [0.4, 0.5) is 5.69 Å². The van der Waals surface area contributed by atoms with Crippen molar-refractivity contribution in [3.8, 4) is 5.75 Å². The van der Waals surface area contributed by atoms with Crippen molar-refractivity contribution in [2.45, 2.75) is 31.7 Å². The van der Waals surface area contributed by atoms with Crippen molar-refractivity contribution < 1.29 is 22.7 Å². The van der Waals surface area contributed by atoms with Crippen molar-refractivity contribution in [2.75, 3.05) is 11.9 Å². The number of anilines is 1. The summed E-state index contributed by atoms with van der Waals surface area (Å²) in [4.78, 5) is 24.8. The fraction of sp³-hybridized carbons (Fsp3) is 0.222. The summed E-state index contributed by atoms with van der Waals surface area (Å²) in [5.74, 6) is -0.772. The van der Waals surface area contributed by atoms with Gasteiger partial charge in [-0.3, -0.25) is 9.59 Å². The fourth-order valence-corrected chi connectivity index (χ4v) is 4.78. The number of aryl methyl sites for hydroxylation is 1. The minimum atomic E-state index is -3.89. The lowest BCUT2D eigenvalue weighted by Crippen LogP contribution is -2.48. The molecule has 200 valence electrons. The molecule has 0 saturated heterocycles. The third-order valence-electron chi connectivity index (χ3n) is 5.31. The molecule has 0 bridgehead atoms. The van der Waals surface area contributed by atoms with Gasteiger partial charge in [0.05, 0.1) is 11.1 Å². The Morgan fingerprint density at radius 3 is 2.34 bits per heavy atom. The van der Waals surface area contributed by atoms with Crippen molar-refractivity contribution in [2.24, 2.45) is 11.0 Å². The van der Waals surface area contributed by atoms with E-state index in [-0.39, 0.29) is 23.3 Å². The lowest BCUT2D eigenvalue weighted by atomic mass is 10.1. The third kappa shape index (κ3) is 8.69. The van der Waals surface area contributed by atoms with Gasteiger partial charge in [-0.2, -0.15) is 9.82 Å². The quantitative estimate of drug-likeness (QED) is 0.242. The molecule has 0 spiro atoms. The van der Waals surface area contributed by atoms with E-state index in [1.807, 2.05) is 6.92 Å². The lowest BCUT2D eigenvalue weighted by Gasteiger charge is -2.20. The number of nitrogens with one attached hydrogen (secondary N) is 3. The van der Waals surface area contributed by atoms with Crippen LogP contribution in [-0.2, 0) is 19.6 Å². The van der Waals surface area contributed by atoms with Gasteiger partial charge in [-0.05, 0) is 73.0 Å². The number of hydrogen-bond donors (Lipinski definition) is 3. The smallest absolute Gasteiger partial charge is 0.262 e. The molecular weight excluding hydrogens is 528 g/mol. The number of sulfonamides is 1. The molecule has 1 atom stereocenters. The first-order chi connectivity index (χ1) is 18.0. The molecule has 11 heteroatoms. The lowest BCUT2D eigenvalue weighted by molar-refractivity contribution is -0.123. The molecule has 0 radical (unpaired) electrons. The average Bonchev–Trinajstić information content (AvgIpc) is 2.87. The number of hydrazone groups is 1. The Bertz CT molecular complexity index is 1390. The van der Waals surface area contributed by atoms with Crippen molar-refractivity contribution in [3.63, 3.8) is 0 Å². The molecule has 2 amide bonds. The van der Waals surface area contributed by atoms with E-state index in [2.05, 4.69) is 20.6 Å². The molecule has 0 heterocycles. The van der Waals surface area contributed by atoms with Gasteiger partial charge in [-0.25, -0.2) is 13.8 Å². The number of carbonyl (C=O) groups is 2. The number of rotatable bonds is 11. The van der Waals surface area contributed by atoms with Gasteiger partial charge in [-0.1, -0.05) is 49.2 Å². The standard InChI is InChI=1S/C27H29ClN4O5S/c1-18(2)26(32-38(35,36)24-13-7-19(3)8-14-24)27(34)31-29-16-20-9-11-23(12-10-20)37-17-25(33)30-22-6-4-5-21(28)15-22/h4-16,18,26,32H,17H2,1-3H3,(H,30,33)(H,31,34)/b29-16-/t26-/m0/s1. The predicted octanol–water partition coefficient (Wildman–Crippen LogP) is 4.12. The van der Waals surface area contributed by atoms with Crippen LogP contribution in [0, 0.1) is 12.8 Å². The van der Waals surface area contributed by atoms with Crippen LogP contribution in [0.15, 0.2) is 82.8 Å². The molecule has 3 rings (SSSR count). The topological polar surface area (TPSA) is 126 Å². The first kappa shape index (κ1) is 28.8. The minimum absolute atomic E-state index is 0.0781. The van der Waals surface area contributed by atoms with Crippen molar-refractivity contribution >= 4 is 45.3 Å². The van der Waals surface area contributed by atoms with E-state index in [1.54, 1.807) is 74.5 Å². The van der Waals surface area contributed by atoms with Crippen LogP contribution in [-0.4, -0.2) is 39.1 Å². The molecule has 0 aromatic heterocycles. The molecule has 0 unspecified atom stereocenters. The predicted molar refractivity (Wildman–Crippen MR) is 148 cm³/mol. The van der Waals surface area contributed by atoms with E-state index in [4.69, 9.17) is 16.3 Å². The Labute approximate surface area is 227 Å². The number of benzene rings is 3. The molecule has 0 aliphatic heterocycles. The summed E-state index contributed by atoms with van der Waals surface area (Å²) < 4.78 is 33.4. The van der Waals surface area contributed by atoms with Crippen molar-refractivity contribution in [3.05, 3.63) is 88.9 Å². The third-order valence-corrected chi connectivity index (χ3v) is 7.00. The van der Waals surface area contributed by atoms with Crippen LogP contribution in [0.2, 0.25) is 5.02 Å². The molecule has 3 aromatic rings. The number of carbonyl (C=O) groups excluding carboxylic acids is 2. The van der Waals surface area contributed by atoms with Crippen molar-refractivity contribution in [1.29, 1.82) is 0 Å². The van der Waals surface area contributed by atoms with E-state index >= 15 is 0 Å². The average molecular weight is 557 g/mol. The van der Waals surface area contributed by atoms with Gasteiger partial charge >= 0.3 is 0 Å². The molecule has 3 N–H and O–H groups in total. The zero-order chi connectivity index (χ0) is 27.7. The van der Waals surface area contributed by atoms with Crippen LogP contribution in [0.1, 0.15) is 25.0 Å². The number of halogens is 1. The zero-order valence-corrected chi connectivity index (χ0v) is 22.7. The highest BCUT2D eigenvalue weighted by atomic mass is 35.5. The second kappa shape index (κ2) is 13.2. The summed E-state index contributed by atoms with van der Waals surface area (Å²) >= 11 is 5.91. The molecule has 3 aromatic carbocycles. The summed E-state index contributed by atoms with van der Waals surface area (Å²) in [5, 5.41) is 7.15. The van der Waals surface area contributed by atoms with Gasteiger partial charge in [-0.15, -0.1) is 0 Å². The van der Waals surface area contributed by atoms with E-state index in [1.165, 1.54) is 18.3 Å². The summed E-state index contributed by atoms with van der Waals surface area (Å²) in [5.41, 5.74) is 4.54. The van der Waals surface area contributed by atoms with Crippen LogP contribution in [0.5, 0.6) is 5.75 Å². The fourth-order valence-electron chi connectivity index (χ4n) is 3.25. The maximum Gasteiger partial charge on any atom is 0.262 e. The number of hydrogen-bond acceptors (Lipinski definition) is 6. The first-order valence-electron chi connectivity index (χ1n) is 11.7. The second-order valence-electron chi connectivity index (χ2n) is 8.81. The van der Waals surface area contributed by atoms with Crippen LogP contribution in [0.3, 0.4) is 0 Å². The van der Waals surface area contributed by atoms with E-state index in [0.29, 0.717) is 22.0 Å². The Morgan fingerprint density at radius 2 is 1.71 bits per heavy atom. The highest BCUT2D eigenvalue weighted by Gasteiger charge is 2.28. The largest absolute Gasteiger partial charge is 0.484 e. The van der Waals surface area contributed by atoms with Gasteiger partial charge in [0.2, 0.25) is 10.0 Å². The SMILES string of the molecule is Cc1ccc(S(=O)(=O)N[C@H](C(=O)N/N=C\c2ccc(OCC(=O)Nc3cccc(Cl)c3)cc2)C(C)C)cc1. The number of nitrogens with zero attached hydrogens (tertiary/aromatic N) is 1. The molecule has 0 aliphatic carbocycles. The summed E-state index contributed by atoms with van der Waals surface area (Å²) in [6.07, 6.45) is 1.42. The van der Waals surface area contributed by atoms with Gasteiger partial charge in [0.15, 0.2) is 6.61 Å². The Morgan fingerprint density at radius 1 is 1.03 bits per heavy atom. The molecule has 38 heavy (non-hydrogen) atoms. The minimum Gasteiger partial charge on any atom is -0.484 e. The molecular formula is C27H29ClN4O5S. The maximum absolute atomic E-state index is 12.7. The summed E-state index contributed by atoms with van der Waals surface area (Å²) in [6.45, 7) is 5.14. The van der Waals surface area contributed by atoms with Crippen molar-refractivity contribution in [1.82, 2.24) is 10.1 Å². The van der Waals surface area contributed by atoms with Crippen LogP contribution >= 0.6 is 11.6 Å². The van der Waals surface area contributed by atoms with Gasteiger partial charge < -0.3 is 10.1 Å². The van der Waals surface area contributed by atoms with Gasteiger partial charge in [0.25, 0.3) is 11.8 Å². The maximum atomic E-state index is 12.7. The molecule has 9 nitrogen and oxygen atoms in total. The Hall–Kier alpha value is -3.73. The zero-order valence-electron chi connectivity index (χ0n) is 21.1. The van der Waals surface area contributed by atoms with E-state index in [9.17, 15) is 18.0 Å². The summed E-state index contributed by atoms with van der Waals surface area (Å²) in [6, 6.07) is 18.8. The number of amides is 2. The Kier molecular flexibility index (Phi) is 10.0. The van der Waals surface area contributed by atoms with Crippen LogP contribution < -0.4 is 20.2 Å². The van der Waals surface area contributed by atoms with Gasteiger partial charge in [0.1, 0.15) is 11.8 Å². The van der Waals surface area contributed by atoms with Crippen LogP contribution in [0.25, 0.3) is 0 Å². The Balaban J connectivity index is 1.51. The van der Waals surface area contributed by atoms with E-state index < -0.39 is 22.0 Å². The molecule has 0 saturated carbocycles. The monoisotopic (exact) mass is 556 g/mol. The van der Waals surface area contributed by atoms with E-state index in [0.717, 1.165) is 5.56 Å². The van der Waals surface area contributed by atoms with Gasteiger partial charge in [0, 0.05) is 10.7 Å². The second-order valence-corrected chi connectivity index (χ2v) is 11.0. The highest BCUT2D eigenvalue weighted by Crippen LogP contribution is 2.16. The normalized spacial score (nSPS) is 12.3. The number of ether oxygens (including phenoxy) is 1. The first-order valence-corrected chi connectivity index (χ1v) is 13.6.